The minimum Gasteiger partial charge on any atom is -0.486 e. The van der Waals surface area contributed by atoms with Crippen LogP contribution in [0.4, 0.5) is 4.79 Å². The molecule has 0 spiro atoms. The van der Waals surface area contributed by atoms with Gasteiger partial charge >= 0.3 is 6.09 Å². The van der Waals surface area contributed by atoms with Crippen LogP contribution in [-0.2, 0) is 30.8 Å². The van der Waals surface area contributed by atoms with Gasteiger partial charge in [0.2, 0.25) is 0 Å². The van der Waals surface area contributed by atoms with Crippen LogP contribution >= 0.6 is 0 Å². The molecule has 3 fully saturated rings. The van der Waals surface area contributed by atoms with Crippen molar-refractivity contribution in [1.29, 1.82) is 0 Å². The van der Waals surface area contributed by atoms with Gasteiger partial charge in [0.25, 0.3) is 10.0 Å². The lowest BCUT2D eigenvalue weighted by Gasteiger charge is -2.42. The number of aliphatic hydroxyl groups is 1. The number of aliphatic hydroxyl groups excluding tert-OH is 1. The predicted octanol–water partition coefficient (Wildman–Crippen LogP) is 3.33. The third kappa shape index (κ3) is 6.68. The van der Waals surface area contributed by atoms with Crippen LogP contribution in [-0.4, -0.2) is 86.2 Å². The lowest BCUT2D eigenvalue weighted by atomic mass is 9.82. The summed E-state index contributed by atoms with van der Waals surface area (Å²) in [6.07, 6.45) is 1.08. The SMILES string of the molecule is O=C(O)N[C@@H](Cc1ccccc1)[C@@H](O)C([C@@H]1CO[C@H]2OCC[C@H]21)N(OC1CCCCC1)S(=O)(=O)c1ccc2c(c1)OCCO2. The minimum atomic E-state index is -4.44. The fraction of sp³-hybridized carbons (Fsp3) is 0.581. The summed E-state index contributed by atoms with van der Waals surface area (Å²) in [5.41, 5.74) is 0.781. The second-order valence-electron chi connectivity index (χ2n) is 11.8. The highest BCUT2D eigenvalue weighted by atomic mass is 32.2. The van der Waals surface area contributed by atoms with Crippen molar-refractivity contribution in [1.82, 2.24) is 9.79 Å². The number of nitrogens with one attached hydrogen (secondary N) is 1. The highest BCUT2D eigenvalue weighted by molar-refractivity contribution is 7.89. The number of nitrogens with zero attached hydrogens (tertiary/aromatic N) is 1. The Morgan fingerprint density at radius 3 is 2.48 bits per heavy atom. The highest BCUT2D eigenvalue weighted by Gasteiger charge is 2.53. The maximum atomic E-state index is 14.7. The Kier molecular flexibility index (Phi) is 9.59. The van der Waals surface area contributed by atoms with Gasteiger partial charge in [0.1, 0.15) is 13.2 Å². The lowest BCUT2D eigenvalue weighted by molar-refractivity contribution is -0.197. The van der Waals surface area contributed by atoms with E-state index in [1.165, 1.54) is 12.1 Å². The standard InChI is InChI=1S/C31H40N2O10S/c34-29(25(32-31(35)36)17-20-7-3-1-4-8-20)28(24-19-42-30-23(24)13-14-41-30)33(43-21-9-5-2-6-10-21)44(37,38)22-11-12-26-27(18-22)40-16-15-39-26/h1,3-4,7-8,11-12,18,21,23-25,28-30,32,34H,2,5-6,9-10,13-17,19H2,(H,35,36)/t23-,24+,25-,28?,29+,30+/m0/s1. The van der Waals surface area contributed by atoms with Crippen molar-refractivity contribution < 1.29 is 47.2 Å². The second-order valence-corrected chi connectivity index (χ2v) is 13.6. The number of sulfonamides is 1. The van der Waals surface area contributed by atoms with E-state index in [0.717, 1.165) is 29.3 Å². The molecule has 1 saturated carbocycles. The summed E-state index contributed by atoms with van der Waals surface area (Å²) < 4.78 is 53.3. The number of hydrogen-bond acceptors (Lipinski definition) is 9. The largest absolute Gasteiger partial charge is 0.486 e. The molecule has 2 aromatic carbocycles. The van der Waals surface area contributed by atoms with Gasteiger partial charge in [-0.2, -0.15) is 0 Å². The van der Waals surface area contributed by atoms with E-state index in [4.69, 9.17) is 23.8 Å². The van der Waals surface area contributed by atoms with Crippen molar-refractivity contribution in [3.63, 3.8) is 0 Å². The molecule has 1 unspecified atom stereocenters. The van der Waals surface area contributed by atoms with E-state index < -0.39 is 52.6 Å². The van der Waals surface area contributed by atoms with Crippen LogP contribution in [0, 0.1) is 11.8 Å². The number of carbonyl (C=O) groups is 1. The lowest BCUT2D eigenvalue weighted by Crippen LogP contribution is -2.60. The van der Waals surface area contributed by atoms with Crippen LogP contribution in [0.3, 0.4) is 0 Å². The molecule has 240 valence electrons. The van der Waals surface area contributed by atoms with Crippen LogP contribution in [0.1, 0.15) is 44.1 Å². The topological polar surface area (TPSA) is 153 Å². The molecule has 13 heteroatoms. The third-order valence-corrected chi connectivity index (χ3v) is 10.6. The number of ether oxygens (including phenoxy) is 4. The van der Waals surface area contributed by atoms with Crippen molar-refractivity contribution in [3.05, 3.63) is 54.1 Å². The van der Waals surface area contributed by atoms with Gasteiger partial charge in [-0.25, -0.2) is 13.2 Å². The second kappa shape index (κ2) is 13.6. The number of benzene rings is 2. The van der Waals surface area contributed by atoms with E-state index in [1.807, 2.05) is 30.3 Å². The normalized spacial score (nSPS) is 25.7. The van der Waals surface area contributed by atoms with E-state index >= 15 is 0 Å². The van der Waals surface area contributed by atoms with Crippen molar-refractivity contribution in [2.75, 3.05) is 26.4 Å². The summed E-state index contributed by atoms with van der Waals surface area (Å²) in [7, 11) is -4.44. The highest BCUT2D eigenvalue weighted by Crippen LogP contribution is 2.43. The fourth-order valence-corrected chi connectivity index (χ4v) is 8.34. The number of fused-ring (bicyclic) bond motifs is 2. The van der Waals surface area contributed by atoms with Crippen LogP contribution in [0.15, 0.2) is 53.4 Å². The molecule has 0 aromatic heterocycles. The molecule has 1 amide bonds. The molecule has 3 N–H and O–H groups in total. The van der Waals surface area contributed by atoms with Gasteiger partial charge in [-0.05, 0) is 43.4 Å². The zero-order valence-electron chi connectivity index (χ0n) is 24.5. The zero-order valence-corrected chi connectivity index (χ0v) is 25.3. The summed E-state index contributed by atoms with van der Waals surface area (Å²) in [4.78, 5) is 18.4. The van der Waals surface area contributed by atoms with E-state index in [9.17, 15) is 23.4 Å². The Labute approximate surface area is 257 Å². The molecule has 12 nitrogen and oxygen atoms in total. The first-order valence-corrected chi connectivity index (χ1v) is 16.8. The van der Waals surface area contributed by atoms with E-state index in [-0.39, 0.29) is 30.4 Å². The van der Waals surface area contributed by atoms with Gasteiger partial charge < -0.3 is 34.5 Å². The monoisotopic (exact) mass is 632 g/mol. The van der Waals surface area contributed by atoms with Gasteiger partial charge in [0, 0.05) is 17.9 Å². The van der Waals surface area contributed by atoms with Crippen LogP contribution in [0.5, 0.6) is 11.5 Å². The molecule has 3 aliphatic heterocycles. The summed E-state index contributed by atoms with van der Waals surface area (Å²) in [5.74, 6) is -0.0167. The van der Waals surface area contributed by atoms with Gasteiger partial charge in [0.15, 0.2) is 17.8 Å². The first-order valence-electron chi connectivity index (χ1n) is 15.4. The maximum Gasteiger partial charge on any atom is 0.404 e. The molecule has 3 heterocycles. The molecule has 2 saturated heterocycles. The van der Waals surface area contributed by atoms with E-state index in [2.05, 4.69) is 5.32 Å². The average Bonchev–Trinajstić information content (AvgIpc) is 3.66. The van der Waals surface area contributed by atoms with Gasteiger partial charge in [0.05, 0.1) is 42.4 Å². The van der Waals surface area contributed by atoms with Crippen LogP contribution < -0.4 is 14.8 Å². The first kappa shape index (κ1) is 31.1. The molecule has 44 heavy (non-hydrogen) atoms. The van der Waals surface area contributed by atoms with Crippen molar-refractivity contribution in [2.24, 2.45) is 11.8 Å². The van der Waals surface area contributed by atoms with Gasteiger partial charge in [-0.3, -0.25) is 4.84 Å². The average molecular weight is 633 g/mol. The molecule has 0 radical (unpaired) electrons. The van der Waals surface area contributed by atoms with Gasteiger partial charge in [-0.1, -0.05) is 54.1 Å². The third-order valence-electron chi connectivity index (χ3n) is 8.99. The van der Waals surface area contributed by atoms with E-state index in [0.29, 0.717) is 44.0 Å². The molecule has 2 aromatic rings. The molecule has 6 rings (SSSR count). The van der Waals surface area contributed by atoms with Crippen molar-refractivity contribution >= 4 is 16.1 Å². The summed E-state index contributed by atoms with van der Waals surface area (Å²) in [6.45, 7) is 1.19. The number of carboxylic acid groups (broad SMARTS) is 1. The molecule has 1 aliphatic carbocycles. The van der Waals surface area contributed by atoms with E-state index in [1.54, 1.807) is 6.07 Å². The number of amides is 1. The van der Waals surface area contributed by atoms with Crippen molar-refractivity contribution in [2.45, 2.75) is 80.4 Å². The van der Waals surface area contributed by atoms with Gasteiger partial charge in [-0.15, -0.1) is 0 Å². The Morgan fingerprint density at radius 1 is 0.977 bits per heavy atom. The van der Waals surface area contributed by atoms with Crippen LogP contribution in [0.25, 0.3) is 0 Å². The molecule has 4 aliphatic rings. The summed E-state index contributed by atoms with van der Waals surface area (Å²) in [6, 6.07) is 11.3. The molecule has 6 atom stereocenters. The smallest absolute Gasteiger partial charge is 0.404 e. The Hall–Kier alpha value is -2.94. The number of hydrogen-bond donors (Lipinski definition) is 3. The fourth-order valence-electron chi connectivity index (χ4n) is 6.80. The van der Waals surface area contributed by atoms with Crippen molar-refractivity contribution in [3.8, 4) is 11.5 Å². The zero-order chi connectivity index (χ0) is 30.7. The minimum absolute atomic E-state index is 0.0845. The first-order chi connectivity index (χ1) is 21.3. The Balaban J connectivity index is 1.43. The predicted molar refractivity (Wildman–Crippen MR) is 157 cm³/mol. The number of rotatable bonds is 11. The molecular formula is C31H40N2O10S. The maximum absolute atomic E-state index is 14.7. The molecular weight excluding hydrogens is 592 g/mol. The Morgan fingerprint density at radius 2 is 1.73 bits per heavy atom. The Bertz CT molecular complexity index is 1390. The quantitative estimate of drug-likeness (QED) is 0.315. The number of hydroxylamine groups is 1. The van der Waals surface area contributed by atoms with Crippen LogP contribution in [0.2, 0.25) is 0 Å². The summed E-state index contributed by atoms with van der Waals surface area (Å²) >= 11 is 0. The molecule has 0 bridgehead atoms. The summed E-state index contributed by atoms with van der Waals surface area (Å²) in [5, 5.41) is 24.5.